The van der Waals surface area contributed by atoms with E-state index in [0.717, 1.165) is 12.0 Å². The first-order chi connectivity index (χ1) is 6.10. The Morgan fingerprint density at radius 2 is 2.15 bits per heavy atom. The number of pyridine rings is 1. The second kappa shape index (κ2) is 3.85. The van der Waals surface area contributed by atoms with Crippen LogP contribution in [0.5, 0.6) is 0 Å². The SMILES string of the molecule is CCc1cncc(S(=O)(=O)NC)c1. The lowest BCUT2D eigenvalue weighted by Crippen LogP contribution is -2.18. The average Bonchev–Trinajstić information content (AvgIpc) is 2.18. The van der Waals surface area contributed by atoms with E-state index in [9.17, 15) is 8.42 Å². The largest absolute Gasteiger partial charge is 0.263 e. The summed E-state index contributed by atoms with van der Waals surface area (Å²) < 4.78 is 24.9. The van der Waals surface area contributed by atoms with Gasteiger partial charge in [-0.2, -0.15) is 0 Å². The van der Waals surface area contributed by atoms with Gasteiger partial charge in [0.2, 0.25) is 10.0 Å². The van der Waals surface area contributed by atoms with Gasteiger partial charge in [-0.3, -0.25) is 4.98 Å². The van der Waals surface area contributed by atoms with Crippen LogP contribution in [0.2, 0.25) is 0 Å². The van der Waals surface area contributed by atoms with Crippen molar-refractivity contribution in [1.82, 2.24) is 9.71 Å². The Labute approximate surface area is 78.1 Å². The molecule has 5 heteroatoms. The van der Waals surface area contributed by atoms with Crippen LogP contribution in [0.4, 0.5) is 0 Å². The molecule has 0 saturated heterocycles. The number of aromatic nitrogens is 1. The molecule has 1 heterocycles. The highest BCUT2D eigenvalue weighted by molar-refractivity contribution is 7.89. The zero-order chi connectivity index (χ0) is 9.90. The third-order valence-corrected chi connectivity index (χ3v) is 3.14. The number of rotatable bonds is 3. The predicted octanol–water partition coefficient (Wildman–Crippen LogP) is 0.552. The Morgan fingerprint density at radius 1 is 1.46 bits per heavy atom. The highest BCUT2D eigenvalue weighted by Crippen LogP contribution is 2.08. The van der Waals surface area contributed by atoms with Crippen LogP contribution in [-0.2, 0) is 16.4 Å². The van der Waals surface area contributed by atoms with Gasteiger partial charge in [0.05, 0.1) is 0 Å². The molecular formula is C8H12N2O2S. The topological polar surface area (TPSA) is 59.1 Å². The third-order valence-electron chi connectivity index (χ3n) is 1.76. The van der Waals surface area contributed by atoms with Gasteiger partial charge in [-0.1, -0.05) is 6.92 Å². The van der Waals surface area contributed by atoms with Gasteiger partial charge in [0, 0.05) is 12.4 Å². The zero-order valence-corrected chi connectivity index (χ0v) is 8.43. The van der Waals surface area contributed by atoms with Crippen LogP contribution in [-0.4, -0.2) is 20.4 Å². The van der Waals surface area contributed by atoms with Gasteiger partial charge in [0.1, 0.15) is 4.90 Å². The predicted molar refractivity (Wildman–Crippen MR) is 49.9 cm³/mol. The summed E-state index contributed by atoms with van der Waals surface area (Å²) in [4.78, 5) is 4.07. The summed E-state index contributed by atoms with van der Waals surface area (Å²) in [5, 5.41) is 0. The highest BCUT2D eigenvalue weighted by Gasteiger charge is 2.11. The van der Waals surface area contributed by atoms with Crippen LogP contribution >= 0.6 is 0 Å². The smallest absolute Gasteiger partial charge is 0.241 e. The summed E-state index contributed by atoms with van der Waals surface area (Å²) in [5.74, 6) is 0. The zero-order valence-electron chi connectivity index (χ0n) is 7.61. The molecule has 0 spiro atoms. The van der Waals surface area contributed by atoms with Gasteiger partial charge in [0.25, 0.3) is 0 Å². The van der Waals surface area contributed by atoms with Crippen molar-refractivity contribution in [2.24, 2.45) is 0 Å². The number of hydrogen-bond donors (Lipinski definition) is 1. The number of nitrogens with zero attached hydrogens (tertiary/aromatic N) is 1. The molecule has 0 aliphatic heterocycles. The fourth-order valence-corrected chi connectivity index (χ4v) is 1.66. The molecule has 0 unspecified atom stereocenters. The summed E-state index contributed by atoms with van der Waals surface area (Å²) in [5.41, 5.74) is 0.913. The van der Waals surface area contributed by atoms with Gasteiger partial charge in [0.15, 0.2) is 0 Å². The molecule has 1 N–H and O–H groups in total. The molecule has 0 aliphatic rings. The second-order valence-corrected chi connectivity index (χ2v) is 4.48. The van der Waals surface area contributed by atoms with Crippen LogP contribution in [0.25, 0.3) is 0 Å². The molecule has 0 amide bonds. The van der Waals surface area contributed by atoms with E-state index in [2.05, 4.69) is 9.71 Å². The first kappa shape index (κ1) is 10.1. The average molecular weight is 200 g/mol. The number of aryl methyl sites for hydroxylation is 1. The summed E-state index contributed by atoms with van der Waals surface area (Å²) in [6, 6.07) is 1.62. The van der Waals surface area contributed by atoms with Gasteiger partial charge in [-0.05, 0) is 25.1 Å². The van der Waals surface area contributed by atoms with E-state index >= 15 is 0 Å². The molecule has 0 aliphatic carbocycles. The van der Waals surface area contributed by atoms with Crippen molar-refractivity contribution in [3.63, 3.8) is 0 Å². The minimum atomic E-state index is -3.34. The van der Waals surface area contributed by atoms with Crippen molar-refractivity contribution in [1.29, 1.82) is 0 Å². The van der Waals surface area contributed by atoms with Crippen molar-refractivity contribution in [2.75, 3.05) is 7.05 Å². The van der Waals surface area contributed by atoms with E-state index in [1.54, 1.807) is 12.3 Å². The maximum absolute atomic E-state index is 11.3. The highest BCUT2D eigenvalue weighted by atomic mass is 32.2. The van der Waals surface area contributed by atoms with Crippen LogP contribution in [0.1, 0.15) is 12.5 Å². The van der Waals surface area contributed by atoms with E-state index < -0.39 is 10.0 Å². The van der Waals surface area contributed by atoms with E-state index in [4.69, 9.17) is 0 Å². The summed E-state index contributed by atoms with van der Waals surface area (Å²) in [7, 11) is -1.96. The van der Waals surface area contributed by atoms with Gasteiger partial charge >= 0.3 is 0 Å². The quantitative estimate of drug-likeness (QED) is 0.775. The minimum absolute atomic E-state index is 0.217. The van der Waals surface area contributed by atoms with Crippen molar-refractivity contribution in [3.8, 4) is 0 Å². The Morgan fingerprint density at radius 3 is 2.69 bits per heavy atom. The molecule has 1 aromatic heterocycles. The lowest BCUT2D eigenvalue weighted by molar-refractivity contribution is 0.587. The molecular weight excluding hydrogens is 188 g/mol. The molecule has 0 radical (unpaired) electrons. The lowest BCUT2D eigenvalue weighted by Gasteiger charge is -2.02. The van der Waals surface area contributed by atoms with Crippen LogP contribution < -0.4 is 4.72 Å². The summed E-state index contributed by atoms with van der Waals surface area (Å²) >= 11 is 0. The minimum Gasteiger partial charge on any atom is -0.263 e. The molecule has 0 fully saturated rings. The molecule has 0 atom stereocenters. The third kappa shape index (κ3) is 2.26. The van der Waals surface area contributed by atoms with Crippen LogP contribution in [0, 0.1) is 0 Å². The molecule has 13 heavy (non-hydrogen) atoms. The van der Waals surface area contributed by atoms with Gasteiger partial charge in [-0.25, -0.2) is 13.1 Å². The van der Waals surface area contributed by atoms with Crippen LogP contribution in [0.3, 0.4) is 0 Å². The molecule has 1 aromatic rings. The maximum atomic E-state index is 11.3. The summed E-state index contributed by atoms with van der Waals surface area (Å²) in [6.45, 7) is 1.95. The van der Waals surface area contributed by atoms with Crippen molar-refractivity contribution in [3.05, 3.63) is 24.0 Å². The maximum Gasteiger partial charge on any atom is 0.241 e. The van der Waals surface area contributed by atoms with E-state index in [0.29, 0.717) is 0 Å². The fourth-order valence-electron chi connectivity index (χ4n) is 0.922. The van der Waals surface area contributed by atoms with E-state index in [1.165, 1.54) is 13.2 Å². The summed E-state index contributed by atoms with van der Waals surface area (Å²) in [6.07, 6.45) is 3.78. The van der Waals surface area contributed by atoms with Crippen LogP contribution in [0.15, 0.2) is 23.4 Å². The van der Waals surface area contributed by atoms with E-state index in [1.807, 2.05) is 6.92 Å². The number of hydrogen-bond acceptors (Lipinski definition) is 3. The van der Waals surface area contributed by atoms with Crippen molar-refractivity contribution >= 4 is 10.0 Å². The first-order valence-corrected chi connectivity index (χ1v) is 5.46. The normalized spacial score (nSPS) is 11.5. The second-order valence-electron chi connectivity index (χ2n) is 2.59. The van der Waals surface area contributed by atoms with Gasteiger partial charge in [-0.15, -0.1) is 0 Å². The molecule has 0 aromatic carbocycles. The van der Waals surface area contributed by atoms with Crippen molar-refractivity contribution in [2.45, 2.75) is 18.2 Å². The molecule has 1 rings (SSSR count). The monoisotopic (exact) mass is 200 g/mol. The Bertz CT molecular complexity index is 387. The first-order valence-electron chi connectivity index (χ1n) is 3.97. The van der Waals surface area contributed by atoms with Crippen molar-refractivity contribution < 1.29 is 8.42 Å². The van der Waals surface area contributed by atoms with Gasteiger partial charge < -0.3 is 0 Å². The van der Waals surface area contributed by atoms with E-state index in [-0.39, 0.29) is 4.90 Å². The lowest BCUT2D eigenvalue weighted by atomic mass is 10.2. The molecule has 4 nitrogen and oxygen atoms in total. The Hall–Kier alpha value is -0.940. The number of sulfonamides is 1. The fraction of sp³-hybridized carbons (Fsp3) is 0.375. The Balaban J connectivity index is 3.17. The standard InChI is InChI=1S/C8H12N2O2S/c1-3-7-4-8(6-10-5-7)13(11,12)9-2/h4-6,9H,3H2,1-2H3. The molecule has 0 saturated carbocycles. The molecule has 0 bridgehead atoms. The molecule has 72 valence electrons. The Kier molecular flexibility index (Phi) is 3.00. The number of nitrogens with one attached hydrogen (secondary N) is 1.